The Kier molecular flexibility index (Phi) is 7.04. The third-order valence-corrected chi connectivity index (χ3v) is 5.41. The number of piperazine rings is 1. The molecule has 33 heavy (non-hydrogen) atoms. The van der Waals surface area contributed by atoms with Gasteiger partial charge in [0, 0.05) is 55.6 Å². The quantitative estimate of drug-likeness (QED) is 0.346. The summed E-state index contributed by atoms with van der Waals surface area (Å²) in [5.41, 5.74) is 3.80. The lowest BCUT2D eigenvalue weighted by Crippen LogP contribution is -2.51. The molecule has 4 rings (SSSR count). The van der Waals surface area contributed by atoms with E-state index in [0.29, 0.717) is 17.0 Å². The number of hydrogen-bond acceptors (Lipinski definition) is 6. The van der Waals surface area contributed by atoms with E-state index < -0.39 is 0 Å². The lowest BCUT2D eigenvalue weighted by molar-refractivity contribution is 0.382. The Bertz CT molecular complexity index is 1120. The number of guanidine groups is 1. The number of aromatic nitrogens is 4. The van der Waals surface area contributed by atoms with Gasteiger partial charge in [-0.1, -0.05) is 18.2 Å². The van der Waals surface area contributed by atoms with Gasteiger partial charge < -0.3 is 15.1 Å². The highest BCUT2D eigenvalue weighted by Gasteiger charge is 2.22. The summed E-state index contributed by atoms with van der Waals surface area (Å²) in [5, 5.41) is 6.89. The van der Waals surface area contributed by atoms with Crippen LogP contribution in [-0.4, -0.2) is 62.1 Å². The maximum Gasteiger partial charge on any atom is 0.229 e. The molecule has 2 N–H and O–H groups in total. The van der Waals surface area contributed by atoms with Crippen molar-refractivity contribution in [2.75, 3.05) is 41.7 Å². The van der Waals surface area contributed by atoms with Gasteiger partial charge in [-0.25, -0.2) is 19.9 Å². The van der Waals surface area contributed by atoms with E-state index in [1.807, 2.05) is 57.2 Å². The first-order chi connectivity index (χ1) is 16.0. The molecular weight excluding hydrogens is 434 g/mol. The molecule has 1 aliphatic rings. The molecule has 0 saturated carbocycles. The van der Waals surface area contributed by atoms with E-state index in [2.05, 4.69) is 40.4 Å². The highest BCUT2D eigenvalue weighted by molar-refractivity contribution is 7.80. The SMILES string of the molecule is Cc1cc(C)nc(N/C(=N/C(=S)Nc2ccccc2C)N2CCN(c3ncccn3)CC2)n1. The van der Waals surface area contributed by atoms with Crippen molar-refractivity contribution in [2.45, 2.75) is 20.8 Å². The van der Waals surface area contributed by atoms with Crippen LogP contribution in [-0.2, 0) is 0 Å². The Morgan fingerprint density at radius 3 is 2.24 bits per heavy atom. The molecular formula is C23H27N9S. The van der Waals surface area contributed by atoms with E-state index in [4.69, 9.17) is 17.2 Å². The molecule has 1 fully saturated rings. The molecule has 1 saturated heterocycles. The van der Waals surface area contributed by atoms with Crippen molar-refractivity contribution < 1.29 is 0 Å². The van der Waals surface area contributed by atoms with Crippen molar-refractivity contribution in [3.63, 3.8) is 0 Å². The fourth-order valence-corrected chi connectivity index (χ4v) is 3.78. The molecule has 3 aromatic rings. The average Bonchev–Trinajstić information content (AvgIpc) is 2.80. The molecule has 0 amide bonds. The first-order valence-electron chi connectivity index (χ1n) is 10.8. The zero-order valence-electron chi connectivity index (χ0n) is 19.0. The minimum atomic E-state index is 0.366. The van der Waals surface area contributed by atoms with Gasteiger partial charge in [0.2, 0.25) is 23.0 Å². The number of nitrogens with one attached hydrogen (secondary N) is 2. The maximum absolute atomic E-state index is 5.57. The highest BCUT2D eigenvalue weighted by Crippen LogP contribution is 2.15. The Morgan fingerprint density at radius 1 is 0.909 bits per heavy atom. The summed E-state index contributed by atoms with van der Waals surface area (Å²) >= 11 is 5.57. The largest absolute Gasteiger partial charge is 0.339 e. The van der Waals surface area contributed by atoms with Crippen LogP contribution < -0.4 is 15.5 Å². The van der Waals surface area contributed by atoms with E-state index in [1.165, 1.54) is 0 Å². The van der Waals surface area contributed by atoms with Crippen LogP contribution in [0.5, 0.6) is 0 Å². The lowest BCUT2D eigenvalue weighted by atomic mass is 10.2. The first-order valence-corrected chi connectivity index (χ1v) is 11.2. The van der Waals surface area contributed by atoms with Crippen molar-refractivity contribution in [3.8, 4) is 0 Å². The second kappa shape index (κ2) is 10.3. The van der Waals surface area contributed by atoms with E-state index in [0.717, 1.165) is 54.8 Å². The molecule has 1 aliphatic heterocycles. The summed E-state index contributed by atoms with van der Waals surface area (Å²) in [6.07, 6.45) is 3.52. The number of thiocarbonyl (C=S) groups is 1. The number of para-hydroxylation sites is 1. The van der Waals surface area contributed by atoms with Gasteiger partial charge >= 0.3 is 0 Å². The normalized spacial score (nSPS) is 14.2. The van der Waals surface area contributed by atoms with Crippen LogP contribution in [0.25, 0.3) is 0 Å². The van der Waals surface area contributed by atoms with Gasteiger partial charge in [-0.15, -0.1) is 0 Å². The van der Waals surface area contributed by atoms with E-state index in [9.17, 15) is 0 Å². The van der Waals surface area contributed by atoms with E-state index in [-0.39, 0.29) is 0 Å². The summed E-state index contributed by atoms with van der Waals surface area (Å²) < 4.78 is 0. The molecule has 10 heteroatoms. The van der Waals surface area contributed by atoms with Gasteiger partial charge in [0.25, 0.3) is 0 Å². The van der Waals surface area contributed by atoms with Gasteiger partial charge in [-0.2, -0.15) is 4.99 Å². The standard InChI is InChI=1S/C23H27N9S/c1-16-7-4-5-8-19(16)28-23(33)30-22(29-20-26-17(2)15-18(3)27-20)32-13-11-31(12-14-32)21-24-9-6-10-25-21/h4-10,15H,11-14H2,1-3H3,(H2,26,27,28,29,30,33). The molecule has 9 nitrogen and oxygen atoms in total. The van der Waals surface area contributed by atoms with Gasteiger partial charge in [0.15, 0.2) is 0 Å². The number of aliphatic imine (C=N–C) groups is 1. The fraction of sp³-hybridized carbons (Fsp3) is 0.304. The molecule has 0 spiro atoms. The summed E-state index contributed by atoms with van der Waals surface area (Å²) in [6.45, 7) is 8.89. The van der Waals surface area contributed by atoms with E-state index in [1.54, 1.807) is 12.4 Å². The summed E-state index contributed by atoms with van der Waals surface area (Å²) in [4.78, 5) is 26.8. The summed E-state index contributed by atoms with van der Waals surface area (Å²) in [7, 11) is 0. The van der Waals surface area contributed by atoms with Crippen LogP contribution >= 0.6 is 12.2 Å². The zero-order chi connectivity index (χ0) is 23.2. The minimum absolute atomic E-state index is 0.366. The average molecular weight is 462 g/mol. The second-order valence-corrected chi connectivity index (χ2v) is 8.19. The number of hydrogen-bond donors (Lipinski definition) is 2. The Labute approximate surface area is 199 Å². The van der Waals surface area contributed by atoms with E-state index >= 15 is 0 Å². The number of rotatable bonds is 3. The van der Waals surface area contributed by atoms with Crippen molar-refractivity contribution >= 4 is 40.9 Å². The van der Waals surface area contributed by atoms with Gasteiger partial charge in [0.05, 0.1) is 0 Å². The smallest absolute Gasteiger partial charge is 0.229 e. The molecule has 170 valence electrons. The minimum Gasteiger partial charge on any atom is -0.339 e. The highest BCUT2D eigenvalue weighted by atomic mass is 32.1. The number of benzene rings is 1. The van der Waals surface area contributed by atoms with Crippen molar-refractivity contribution in [1.82, 2.24) is 24.8 Å². The van der Waals surface area contributed by atoms with Crippen molar-refractivity contribution in [2.24, 2.45) is 4.99 Å². The molecule has 2 aromatic heterocycles. The van der Waals surface area contributed by atoms with Gasteiger partial charge in [-0.05, 0) is 56.8 Å². The van der Waals surface area contributed by atoms with Gasteiger partial charge in [0.1, 0.15) is 0 Å². The van der Waals surface area contributed by atoms with Crippen LogP contribution in [0.1, 0.15) is 17.0 Å². The van der Waals surface area contributed by atoms with Crippen LogP contribution in [0.2, 0.25) is 0 Å². The Hall–Kier alpha value is -3.66. The first kappa shape index (κ1) is 22.5. The molecule has 0 bridgehead atoms. The van der Waals surface area contributed by atoms with Crippen LogP contribution in [0.4, 0.5) is 17.6 Å². The van der Waals surface area contributed by atoms with Crippen LogP contribution in [0.15, 0.2) is 53.8 Å². The third-order valence-electron chi connectivity index (χ3n) is 5.21. The topological polar surface area (TPSA) is 94.5 Å². The Morgan fingerprint density at radius 2 is 1.58 bits per heavy atom. The summed E-state index contributed by atoms with van der Waals surface area (Å²) in [5.74, 6) is 1.84. The molecule has 0 radical (unpaired) electrons. The zero-order valence-corrected chi connectivity index (χ0v) is 19.8. The Balaban J connectivity index is 1.54. The summed E-state index contributed by atoms with van der Waals surface area (Å²) in [6, 6.07) is 11.7. The lowest BCUT2D eigenvalue weighted by Gasteiger charge is -2.36. The number of anilines is 3. The van der Waals surface area contributed by atoms with Crippen molar-refractivity contribution in [3.05, 3.63) is 65.7 Å². The third kappa shape index (κ3) is 5.98. The maximum atomic E-state index is 5.57. The molecule has 0 aliphatic carbocycles. The second-order valence-electron chi connectivity index (χ2n) is 7.80. The van der Waals surface area contributed by atoms with Gasteiger partial charge in [-0.3, -0.25) is 5.32 Å². The molecule has 1 aromatic carbocycles. The predicted molar refractivity (Wildman–Crippen MR) is 136 cm³/mol. The number of nitrogens with zero attached hydrogens (tertiary/aromatic N) is 7. The van der Waals surface area contributed by atoms with Crippen LogP contribution in [0.3, 0.4) is 0 Å². The monoisotopic (exact) mass is 461 g/mol. The predicted octanol–water partition coefficient (Wildman–Crippen LogP) is 3.18. The molecule has 0 unspecified atom stereocenters. The number of aryl methyl sites for hydroxylation is 3. The van der Waals surface area contributed by atoms with Crippen molar-refractivity contribution in [1.29, 1.82) is 0 Å². The van der Waals surface area contributed by atoms with Crippen LogP contribution in [0, 0.1) is 20.8 Å². The molecule has 0 atom stereocenters. The molecule has 3 heterocycles. The fourth-order valence-electron chi connectivity index (χ4n) is 3.58.